The van der Waals surface area contributed by atoms with E-state index in [4.69, 9.17) is 4.74 Å². The van der Waals surface area contributed by atoms with Gasteiger partial charge in [-0.25, -0.2) is 0 Å². The van der Waals surface area contributed by atoms with Crippen LogP contribution in [-0.2, 0) is 27.2 Å². The highest BCUT2D eigenvalue weighted by Crippen LogP contribution is 2.28. The third kappa shape index (κ3) is 6.69. The second-order valence-corrected chi connectivity index (χ2v) is 10.0. The molecule has 1 aliphatic rings. The van der Waals surface area contributed by atoms with E-state index in [1.165, 1.54) is 16.3 Å². The minimum Gasteiger partial charge on any atom is -0.466 e. The van der Waals surface area contributed by atoms with Gasteiger partial charge in [-0.3, -0.25) is 9.59 Å². The number of ether oxygens (including phenoxy) is 1. The van der Waals surface area contributed by atoms with Crippen LogP contribution in [-0.4, -0.2) is 56.1 Å². The molecule has 1 aliphatic heterocycles. The number of hydrogen-bond donors (Lipinski definition) is 1. The van der Waals surface area contributed by atoms with Crippen LogP contribution in [0.1, 0.15) is 49.9 Å². The average molecular weight is 502 g/mol. The number of rotatable bonds is 10. The van der Waals surface area contributed by atoms with Crippen LogP contribution in [0, 0.1) is 0 Å². The fraction of sp³-hybridized carbons (Fsp3) is 0.419. The van der Waals surface area contributed by atoms with Crippen LogP contribution in [0.15, 0.2) is 60.7 Å². The lowest BCUT2D eigenvalue weighted by atomic mass is 9.99. The molecule has 0 spiro atoms. The van der Waals surface area contributed by atoms with Gasteiger partial charge in [-0.05, 0) is 66.3 Å². The molecule has 4 rings (SSSR count). The van der Waals surface area contributed by atoms with E-state index in [1.54, 1.807) is 18.9 Å². The van der Waals surface area contributed by atoms with E-state index in [-0.39, 0.29) is 24.3 Å². The summed E-state index contributed by atoms with van der Waals surface area (Å²) in [6.07, 6.45) is 2.01. The number of nitrogens with one attached hydrogen (secondary N) is 1. The van der Waals surface area contributed by atoms with Gasteiger partial charge in [-0.15, -0.1) is 0 Å². The molecule has 3 aromatic carbocycles. The van der Waals surface area contributed by atoms with Gasteiger partial charge in [0.25, 0.3) is 0 Å². The van der Waals surface area contributed by atoms with E-state index in [1.807, 2.05) is 6.92 Å². The maximum atomic E-state index is 12.3. The van der Waals surface area contributed by atoms with Crippen LogP contribution in [0.3, 0.4) is 0 Å². The van der Waals surface area contributed by atoms with E-state index in [2.05, 4.69) is 77.8 Å². The molecule has 0 saturated carbocycles. The van der Waals surface area contributed by atoms with Crippen LogP contribution in [0.25, 0.3) is 10.8 Å². The Balaban J connectivity index is 1.45. The van der Waals surface area contributed by atoms with Gasteiger partial charge in [0.2, 0.25) is 5.91 Å². The first-order valence-electron chi connectivity index (χ1n) is 13.3. The summed E-state index contributed by atoms with van der Waals surface area (Å²) in [6, 6.07) is 22.1. The van der Waals surface area contributed by atoms with Crippen LogP contribution >= 0.6 is 0 Å². The van der Waals surface area contributed by atoms with Crippen molar-refractivity contribution in [1.82, 2.24) is 10.2 Å². The second-order valence-electron chi connectivity index (χ2n) is 10.0. The Labute approximate surface area is 220 Å². The zero-order valence-corrected chi connectivity index (χ0v) is 22.5. The van der Waals surface area contributed by atoms with Gasteiger partial charge in [0.1, 0.15) is 0 Å². The predicted octanol–water partition coefficient (Wildman–Crippen LogP) is 4.90. The smallest absolute Gasteiger partial charge is 0.310 e. The molecule has 2 atom stereocenters. The molecular formula is C31H39N3O3. The molecule has 1 fully saturated rings. The van der Waals surface area contributed by atoms with Crippen molar-refractivity contribution in [3.05, 3.63) is 77.4 Å². The van der Waals surface area contributed by atoms with Crippen molar-refractivity contribution in [3.8, 4) is 0 Å². The summed E-state index contributed by atoms with van der Waals surface area (Å²) in [5.41, 5.74) is 4.52. The lowest BCUT2D eigenvalue weighted by molar-refractivity contribution is -0.142. The molecular weight excluding hydrogens is 462 g/mol. The Bertz CT molecular complexity index is 1240. The molecule has 196 valence electrons. The van der Waals surface area contributed by atoms with Crippen LogP contribution in [0.5, 0.6) is 0 Å². The van der Waals surface area contributed by atoms with Gasteiger partial charge in [0.05, 0.1) is 13.0 Å². The lowest BCUT2D eigenvalue weighted by Crippen LogP contribution is -2.34. The maximum absolute atomic E-state index is 12.3. The summed E-state index contributed by atoms with van der Waals surface area (Å²) < 4.78 is 5.24. The minimum absolute atomic E-state index is 0.0388. The van der Waals surface area contributed by atoms with Crippen molar-refractivity contribution >= 4 is 28.3 Å². The first-order chi connectivity index (χ1) is 17.9. The molecule has 0 aromatic heterocycles. The van der Waals surface area contributed by atoms with Gasteiger partial charge in [-0.1, -0.05) is 48.5 Å². The van der Waals surface area contributed by atoms with Gasteiger partial charge < -0.3 is 19.9 Å². The highest BCUT2D eigenvalue weighted by atomic mass is 16.5. The summed E-state index contributed by atoms with van der Waals surface area (Å²) in [4.78, 5) is 28.1. The number of benzene rings is 3. The first-order valence-corrected chi connectivity index (χ1v) is 13.3. The van der Waals surface area contributed by atoms with Crippen molar-refractivity contribution < 1.29 is 14.3 Å². The van der Waals surface area contributed by atoms with Gasteiger partial charge in [-0.2, -0.15) is 0 Å². The molecule has 1 heterocycles. The standard InChI is InChI=1S/C31H39N3O3/c1-5-37-31(36)20-26-19-28(14-13-24(26)15-17-33(4)23(3)35)34-18-16-27(21-34)32-22(2)29-12-8-10-25-9-6-7-11-30(25)29/h6-14,19,22,27,32H,5,15-18,20-21H2,1-4H3/t22-,27+/m1/s1. The van der Waals surface area contributed by atoms with E-state index in [9.17, 15) is 9.59 Å². The van der Waals surface area contributed by atoms with Crippen molar-refractivity contribution in [3.63, 3.8) is 0 Å². The fourth-order valence-corrected chi connectivity index (χ4v) is 5.23. The molecule has 6 nitrogen and oxygen atoms in total. The van der Waals surface area contributed by atoms with Crippen molar-refractivity contribution in [1.29, 1.82) is 0 Å². The first kappa shape index (κ1) is 26.7. The SMILES string of the molecule is CCOC(=O)Cc1cc(N2CC[C@H](N[C@H](C)c3cccc4ccccc34)C2)ccc1CCN(C)C(C)=O. The molecule has 0 radical (unpaired) electrons. The Hall–Kier alpha value is -3.38. The highest BCUT2D eigenvalue weighted by molar-refractivity contribution is 5.86. The third-order valence-electron chi connectivity index (χ3n) is 7.41. The summed E-state index contributed by atoms with van der Waals surface area (Å²) >= 11 is 0. The number of fused-ring (bicyclic) bond motifs is 1. The van der Waals surface area contributed by atoms with Crippen molar-refractivity contribution in [2.24, 2.45) is 0 Å². The number of anilines is 1. The Kier molecular flexibility index (Phi) is 8.82. The van der Waals surface area contributed by atoms with Crippen molar-refractivity contribution in [2.45, 2.75) is 52.1 Å². The highest BCUT2D eigenvalue weighted by Gasteiger charge is 2.25. The lowest BCUT2D eigenvalue weighted by Gasteiger charge is -2.24. The zero-order valence-electron chi connectivity index (χ0n) is 22.5. The van der Waals surface area contributed by atoms with E-state index in [0.717, 1.165) is 36.3 Å². The summed E-state index contributed by atoms with van der Waals surface area (Å²) in [5, 5.41) is 6.42. The van der Waals surface area contributed by atoms with Crippen LogP contribution in [0.2, 0.25) is 0 Å². The summed E-state index contributed by atoms with van der Waals surface area (Å²) in [6.45, 7) is 8.51. The molecule has 37 heavy (non-hydrogen) atoms. The topological polar surface area (TPSA) is 61.9 Å². The third-order valence-corrected chi connectivity index (χ3v) is 7.41. The number of nitrogens with zero attached hydrogens (tertiary/aromatic N) is 2. The number of carbonyl (C=O) groups is 2. The molecule has 1 amide bonds. The van der Waals surface area contributed by atoms with Gasteiger partial charge in [0.15, 0.2) is 0 Å². The molecule has 0 aliphatic carbocycles. The predicted molar refractivity (Wildman–Crippen MR) is 150 cm³/mol. The Morgan fingerprint density at radius 3 is 2.68 bits per heavy atom. The number of amides is 1. The van der Waals surface area contributed by atoms with Crippen molar-refractivity contribution in [2.75, 3.05) is 38.2 Å². The average Bonchev–Trinajstić information content (AvgIpc) is 3.35. The Morgan fingerprint density at radius 1 is 1.11 bits per heavy atom. The van der Waals surface area contributed by atoms with Gasteiger partial charge >= 0.3 is 5.97 Å². The van der Waals surface area contributed by atoms with E-state index >= 15 is 0 Å². The quantitative estimate of drug-likeness (QED) is 0.401. The second kappa shape index (κ2) is 12.2. The maximum Gasteiger partial charge on any atom is 0.310 e. The molecule has 0 unspecified atom stereocenters. The monoisotopic (exact) mass is 501 g/mol. The zero-order chi connectivity index (χ0) is 26.4. The van der Waals surface area contributed by atoms with Crippen LogP contribution in [0.4, 0.5) is 5.69 Å². The molecule has 3 aromatic rings. The largest absolute Gasteiger partial charge is 0.466 e. The molecule has 1 saturated heterocycles. The number of esters is 1. The van der Waals surface area contributed by atoms with Gasteiger partial charge in [0, 0.05) is 51.4 Å². The number of likely N-dealkylation sites (N-methyl/N-ethyl adjacent to an activating group) is 1. The number of hydrogen-bond acceptors (Lipinski definition) is 5. The van der Waals surface area contributed by atoms with E-state index < -0.39 is 0 Å². The Morgan fingerprint density at radius 2 is 1.89 bits per heavy atom. The normalized spacial score (nSPS) is 16.1. The summed E-state index contributed by atoms with van der Waals surface area (Å²) in [7, 11) is 1.80. The van der Waals surface area contributed by atoms with Crippen LogP contribution < -0.4 is 10.2 Å². The van der Waals surface area contributed by atoms with E-state index in [0.29, 0.717) is 25.6 Å². The summed E-state index contributed by atoms with van der Waals surface area (Å²) in [5.74, 6) is -0.178. The number of carbonyl (C=O) groups excluding carboxylic acids is 2. The fourth-order valence-electron chi connectivity index (χ4n) is 5.23. The molecule has 6 heteroatoms. The molecule has 0 bridgehead atoms. The minimum atomic E-state index is -0.217. The molecule has 1 N–H and O–H groups in total.